The highest BCUT2D eigenvalue weighted by Gasteiger charge is 2.24. The average Bonchev–Trinajstić information content (AvgIpc) is 3.38. The van der Waals surface area contributed by atoms with Crippen LogP contribution in [0.2, 0.25) is 0 Å². The topological polar surface area (TPSA) is 84.2 Å². The molecule has 1 atom stereocenters. The molecule has 0 bridgehead atoms. The fraction of sp³-hybridized carbons (Fsp3) is 0.474. The molecule has 0 saturated carbocycles. The molecule has 27 heavy (non-hydrogen) atoms. The quantitative estimate of drug-likeness (QED) is 0.567. The number of aliphatic imine (C=N–C) groups is 1. The second kappa shape index (κ2) is 9.16. The van der Waals surface area contributed by atoms with Crippen molar-refractivity contribution in [2.75, 3.05) is 38.8 Å². The summed E-state index contributed by atoms with van der Waals surface area (Å²) < 4.78 is 15.6. The first-order valence-electron chi connectivity index (χ1n) is 9.14. The number of aromatic nitrogens is 1. The first-order valence-corrected chi connectivity index (χ1v) is 9.14. The van der Waals surface area contributed by atoms with Gasteiger partial charge < -0.3 is 29.5 Å². The molecule has 1 aliphatic heterocycles. The molecule has 0 aliphatic carbocycles. The predicted molar refractivity (Wildman–Crippen MR) is 105 cm³/mol. The predicted octanol–water partition coefficient (Wildman–Crippen LogP) is 2.03. The minimum atomic E-state index is 0.303. The van der Waals surface area contributed by atoms with Gasteiger partial charge in [-0.05, 0) is 13.3 Å². The smallest absolute Gasteiger partial charge is 0.191 e. The van der Waals surface area contributed by atoms with Crippen LogP contribution < -0.4 is 25.0 Å². The summed E-state index contributed by atoms with van der Waals surface area (Å²) in [5.41, 5.74) is 1.91. The summed E-state index contributed by atoms with van der Waals surface area (Å²) in [7, 11) is 3.34. The Labute approximate surface area is 159 Å². The maximum atomic E-state index is 5.38. The lowest BCUT2D eigenvalue weighted by Crippen LogP contribution is -2.44. The van der Waals surface area contributed by atoms with Crippen LogP contribution in [0, 0.1) is 0 Å². The second-order valence-electron chi connectivity index (χ2n) is 6.33. The highest BCUT2D eigenvalue weighted by molar-refractivity contribution is 5.80. The normalized spacial score (nSPS) is 17.1. The zero-order valence-electron chi connectivity index (χ0n) is 16.1. The number of benzene rings is 1. The number of rotatable bonds is 7. The van der Waals surface area contributed by atoms with Gasteiger partial charge >= 0.3 is 0 Å². The van der Waals surface area contributed by atoms with Gasteiger partial charge in [0, 0.05) is 55.6 Å². The van der Waals surface area contributed by atoms with Crippen molar-refractivity contribution >= 4 is 11.6 Å². The second-order valence-corrected chi connectivity index (χ2v) is 6.33. The number of hydrogen-bond donors (Lipinski definition) is 2. The zero-order chi connectivity index (χ0) is 19.1. The Morgan fingerprint density at radius 3 is 2.70 bits per heavy atom. The number of anilines is 1. The molecule has 1 aliphatic rings. The highest BCUT2D eigenvalue weighted by atomic mass is 16.5. The zero-order valence-corrected chi connectivity index (χ0v) is 16.1. The monoisotopic (exact) mass is 373 g/mol. The van der Waals surface area contributed by atoms with Crippen molar-refractivity contribution in [2.24, 2.45) is 4.99 Å². The molecule has 0 radical (unpaired) electrons. The van der Waals surface area contributed by atoms with Crippen molar-refractivity contribution in [3.63, 3.8) is 0 Å². The summed E-state index contributed by atoms with van der Waals surface area (Å²) in [6.45, 7) is 5.17. The third-order valence-electron chi connectivity index (χ3n) is 4.47. The Morgan fingerprint density at radius 2 is 2.07 bits per heavy atom. The Hall–Kier alpha value is -2.90. The van der Waals surface area contributed by atoms with E-state index in [2.05, 4.69) is 32.6 Å². The Kier molecular flexibility index (Phi) is 6.40. The molecule has 146 valence electrons. The average molecular weight is 373 g/mol. The largest absolute Gasteiger partial charge is 0.497 e. The van der Waals surface area contributed by atoms with Gasteiger partial charge in [-0.2, -0.15) is 0 Å². The van der Waals surface area contributed by atoms with Crippen molar-refractivity contribution in [3.05, 3.63) is 36.2 Å². The third kappa shape index (κ3) is 5.06. The van der Waals surface area contributed by atoms with Crippen molar-refractivity contribution in [1.29, 1.82) is 0 Å². The first kappa shape index (κ1) is 18.9. The molecule has 2 N–H and O–H groups in total. The van der Waals surface area contributed by atoms with E-state index in [0.29, 0.717) is 12.6 Å². The Balaban J connectivity index is 1.63. The molecular weight excluding hydrogens is 346 g/mol. The lowest BCUT2D eigenvalue weighted by Gasteiger charge is -2.21. The fourth-order valence-corrected chi connectivity index (χ4v) is 3.08. The fourth-order valence-electron chi connectivity index (χ4n) is 3.08. The van der Waals surface area contributed by atoms with Crippen LogP contribution in [-0.4, -0.2) is 51.0 Å². The van der Waals surface area contributed by atoms with Crippen molar-refractivity contribution in [1.82, 2.24) is 15.8 Å². The van der Waals surface area contributed by atoms with Crippen LogP contribution in [0.1, 0.15) is 19.0 Å². The molecule has 2 heterocycles. The van der Waals surface area contributed by atoms with E-state index < -0.39 is 0 Å². The van der Waals surface area contributed by atoms with Crippen LogP contribution in [0.3, 0.4) is 0 Å². The van der Waals surface area contributed by atoms with E-state index in [1.165, 1.54) is 0 Å². The van der Waals surface area contributed by atoms with Gasteiger partial charge in [-0.3, -0.25) is 0 Å². The van der Waals surface area contributed by atoms with Gasteiger partial charge in [-0.15, -0.1) is 0 Å². The van der Waals surface area contributed by atoms with Gasteiger partial charge in [0.05, 0.1) is 20.8 Å². The van der Waals surface area contributed by atoms with Crippen LogP contribution in [-0.2, 0) is 6.54 Å². The molecule has 8 nitrogen and oxygen atoms in total. The van der Waals surface area contributed by atoms with Crippen LogP contribution in [0.25, 0.3) is 0 Å². The van der Waals surface area contributed by atoms with Gasteiger partial charge in [0.25, 0.3) is 0 Å². The number of ether oxygens (including phenoxy) is 2. The van der Waals surface area contributed by atoms with Gasteiger partial charge in [-0.25, -0.2) is 4.99 Å². The van der Waals surface area contributed by atoms with E-state index in [1.54, 1.807) is 20.5 Å². The highest BCUT2D eigenvalue weighted by Crippen LogP contribution is 2.30. The molecule has 1 aromatic heterocycles. The van der Waals surface area contributed by atoms with E-state index >= 15 is 0 Å². The summed E-state index contributed by atoms with van der Waals surface area (Å²) in [5, 5.41) is 10.7. The number of methoxy groups -OCH3 is 2. The summed E-state index contributed by atoms with van der Waals surface area (Å²) >= 11 is 0. The first-order chi connectivity index (χ1) is 13.2. The molecule has 8 heteroatoms. The minimum Gasteiger partial charge on any atom is -0.497 e. The van der Waals surface area contributed by atoms with Crippen LogP contribution in [0.5, 0.6) is 11.5 Å². The Bertz CT molecular complexity index is 726. The lowest BCUT2D eigenvalue weighted by atomic mass is 10.2. The molecular formula is C19H27N5O3. The minimum absolute atomic E-state index is 0.303. The molecule has 1 unspecified atom stereocenters. The van der Waals surface area contributed by atoms with Gasteiger partial charge in [0.15, 0.2) is 5.96 Å². The van der Waals surface area contributed by atoms with Crippen LogP contribution >= 0.6 is 0 Å². The van der Waals surface area contributed by atoms with Crippen molar-refractivity contribution in [2.45, 2.75) is 25.9 Å². The Morgan fingerprint density at radius 1 is 1.30 bits per heavy atom. The van der Waals surface area contributed by atoms with Gasteiger partial charge in [0.1, 0.15) is 23.5 Å². The number of nitrogens with zero attached hydrogens (tertiary/aromatic N) is 3. The molecule has 0 spiro atoms. The van der Waals surface area contributed by atoms with E-state index in [9.17, 15) is 0 Å². The van der Waals surface area contributed by atoms with Crippen LogP contribution in [0.15, 0.2) is 40.0 Å². The standard InChI is InChI=1S/C19H27N5O3/c1-4-20-19(21-12-14-6-8-27-23-14)22-15-5-7-24(13-15)16-9-17(25-2)11-18(10-16)26-3/h6,8-11,15H,4-5,7,12-13H2,1-3H3,(H2,20,21,22). The maximum absolute atomic E-state index is 5.38. The summed E-state index contributed by atoms with van der Waals surface area (Å²) in [6, 6.07) is 8.08. The number of hydrogen-bond acceptors (Lipinski definition) is 6. The summed E-state index contributed by atoms with van der Waals surface area (Å²) in [6.07, 6.45) is 2.58. The molecule has 0 amide bonds. The maximum Gasteiger partial charge on any atom is 0.191 e. The molecule has 3 rings (SSSR count). The number of guanidine groups is 1. The molecule has 1 fully saturated rings. The van der Waals surface area contributed by atoms with Gasteiger partial charge in [-0.1, -0.05) is 5.16 Å². The molecule has 1 aromatic carbocycles. The SMILES string of the molecule is CCNC(=NCc1ccon1)NC1CCN(c2cc(OC)cc(OC)c2)C1. The third-order valence-corrected chi connectivity index (χ3v) is 4.47. The van der Waals surface area contributed by atoms with E-state index in [-0.39, 0.29) is 0 Å². The lowest BCUT2D eigenvalue weighted by molar-refractivity contribution is 0.394. The van der Waals surface area contributed by atoms with Gasteiger partial charge in [0.2, 0.25) is 0 Å². The molecule has 2 aromatic rings. The summed E-state index contributed by atoms with van der Waals surface area (Å²) in [5.74, 6) is 2.38. The van der Waals surface area contributed by atoms with Crippen LogP contribution in [0.4, 0.5) is 5.69 Å². The molecule has 1 saturated heterocycles. The van der Waals surface area contributed by atoms with E-state index in [4.69, 9.17) is 14.0 Å². The van der Waals surface area contributed by atoms with E-state index in [1.807, 2.05) is 24.3 Å². The van der Waals surface area contributed by atoms with E-state index in [0.717, 1.165) is 54.9 Å². The number of nitrogens with one attached hydrogen (secondary N) is 2. The van der Waals surface area contributed by atoms with Crippen molar-refractivity contribution < 1.29 is 14.0 Å². The summed E-state index contributed by atoms with van der Waals surface area (Å²) in [4.78, 5) is 6.91. The van der Waals surface area contributed by atoms with Crippen molar-refractivity contribution in [3.8, 4) is 11.5 Å².